The van der Waals surface area contributed by atoms with E-state index in [9.17, 15) is 0 Å². The third-order valence-corrected chi connectivity index (χ3v) is 4.30. The average molecular weight is 171 g/mol. The Hall–Kier alpha value is 0.310. The van der Waals surface area contributed by atoms with Crippen molar-refractivity contribution in [2.24, 2.45) is 5.41 Å². The highest BCUT2D eigenvalue weighted by Gasteiger charge is 2.34. The minimum Gasteiger partial charge on any atom is -0.315 e. The predicted molar refractivity (Wildman–Crippen MR) is 51.1 cm³/mol. The maximum absolute atomic E-state index is 3.56. The van der Waals surface area contributed by atoms with Gasteiger partial charge in [0.2, 0.25) is 0 Å². The number of hydrogen-bond donors (Lipinski definition) is 1. The van der Waals surface area contributed by atoms with Gasteiger partial charge in [-0.1, -0.05) is 12.8 Å². The molecule has 0 amide bonds. The molecule has 0 aromatic heterocycles. The van der Waals surface area contributed by atoms with E-state index in [-0.39, 0.29) is 0 Å². The maximum Gasteiger partial charge on any atom is 0.00583 e. The molecule has 1 N–H and O–H groups in total. The standard InChI is InChI=1S/C9H17NS/c1-2-4-9(3-1)7-10-5-6-11-8-9/h10H,1-8H2. The molecule has 1 nitrogen and oxygen atoms in total. The van der Waals surface area contributed by atoms with Gasteiger partial charge in [0.05, 0.1) is 0 Å². The molecule has 0 radical (unpaired) electrons. The summed E-state index contributed by atoms with van der Waals surface area (Å²) in [6.07, 6.45) is 5.91. The van der Waals surface area contributed by atoms with Gasteiger partial charge in [-0.15, -0.1) is 0 Å². The second-order valence-corrected chi connectivity index (χ2v) is 5.04. The van der Waals surface area contributed by atoms with E-state index in [1.165, 1.54) is 50.3 Å². The quantitative estimate of drug-likeness (QED) is 0.597. The van der Waals surface area contributed by atoms with Crippen LogP contribution in [0.1, 0.15) is 25.7 Å². The summed E-state index contributed by atoms with van der Waals surface area (Å²) in [6.45, 7) is 2.52. The molecule has 0 aromatic carbocycles. The molecule has 1 saturated carbocycles. The van der Waals surface area contributed by atoms with Crippen LogP contribution in [-0.4, -0.2) is 24.6 Å². The third kappa shape index (κ3) is 1.73. The Morgan fingerprint density at radius 1 is 1.18 bits per heavy atom. The van der Waals surface area contributed by atoms with Crippen LogP contribution in [0.3, 0.4) is 0 Å². The van der Waals surface area contributed by atoms with E-state index in [2.05, 4.69) is 17.1 Å². The monoisotopic (exact) mass is 171 g/mol. The highest BCUT2D eigenvalue weighted by atomic mass is 32.2. The summed E-state index contributed by atoms with van der Waals surface area (Å²) in [5.41, 5.74) is 0.709. The summed E-state index contributed by atoms with van der Waals surface area (Å²) in [6, 6.07) is 0. The van der Waals surface area contributed by atoms with Gasteiger partial charge in [-0.25, -0.2) is 0 Å². The molecule has 1 aliphatic carbocycles. The normalized spacial score (nSPS) is 30.5. The summed E-state index contributed by atoms with van der Waals surface area (Å²) in [4.78, 5) is 0. The van der Waals surface area contributed by atoms with Crippen molar-refractivity contribution in [1.29, 1.82) is 0 Å². The van der Waals surface area contributed by atoms with Crippen molar-refractivity contribution in [3.8, 4) is 0 Å². The van der Waals surface area contributed by atoms with Crippen LogP contribution >= 0.6 is 11.8 Å². The van der Waals surface area contributed by atoms with Gasteiger partial charge in [0.15, 0.2) is 0 Å². The van der Waals surface area contributed by atoms with Gasteiger partial charge in [0, 0.05) is 24.6 Å². The molecule has 1 spiro atoms. The highest BCUT2D eigenvalue weighted by molar-refractivity contribution is 7.99. The molecular weight excluding hydrogens is 154 g/mol. The van der Waals surface area contributed by atoms with Crippen LogP contribution in [0.2, 0.25) is 0 Å². The summed E-state index contributed by atoms with van der Waals surface area (Å²) in [5.74, 6) is 2.74. The number of rotatable bonds is 0. The topological polar surface area (TPSA) is 12.0 Å². The van der Waals surface area contributed by atoms with E-state index in [0.29, 0.717) is 5.41 Å². The first kappa shape index (κ1) is 7.93. The van der Waals surface area contributed by atoms with Crippen molar-refractivity contribution in [2.75, 3.05) is 24.6 Å². The maximum atomic E-state index is 3.56. The first-order chi connectivity index (χ1) is 5.41. The molecular formula is C9H17NS. The summed E-state index contributed by atoms with van der Waals surface area (Å²) >= 11 is 2.15. The lowest BCUT2D eigenvalue weighted by Gasteiger charge is -2.26. The molecule has 2 fully saturated rings. The number of nitrogens with one attached hydrogen (secondary N) is 1. The minimum absolute atomic E-state index is 0.709. The van der Waals surface area contributed by atoms with Crippen molar-refractivity contribution in [1.82, 2.24) is 5.32 Å². The van der Waals surface area contributed by atoms with Crippen molar-refractivity contribution in [3.63, 3.8) is 0 Å². The second-order valence-electron chi connectivity index (χ2n) is 3.94. The second kappa shape index (κ2) is 3.36. The van der Waals surface area contributed by atoms with Crippen LogP contribution in [0.15, 0.2) is 0 Å². The Morgan fingerprint density at radius 2 is 2.00 bits per heavy atom. The van der Waals surface area contributed by atoms with E-state index in [1.54, 1.807) is 0 Å². The smallest absolute Gasteiger partial charge is 0.00583 e. The molecule has 2 heteroatoms. The molecule has 11 heavy (non-hydrogen) atoms. The zero-order chi connectivity index (χ0) is 7.57. The third-order valence-electron chi connectivity index (χ3n) is 3.00. The number of thioether (sulfide) groups is 1. The summed E-state index contributed by atoms with van der Waals surface area (Å²) in [7, 11) is 0. The molecule has 0 aromatic rings. The van der Waals surface area contributed by atoms with E-state index < -0.39 is 0 Å². The van der Waals surface area contributed by atoms with E-state index >= 15 is 0 Å². The van der Waals surface area contributed by atoms with E-state index in [1.807, 2.05) is 0 Å². The Labute approximate surface area is 73.3 Å². The fourth-order valence-corrected chi connectivity index (χ4v) is 3.54. The van der Waals surface area contributed by atoms with Crippen LogP contribution in [-0.2, 0) is 0 Å². The average Bonchev–Trinajstić information content (AvgIpc) is 2.32. The summed E-state index contributed by atoms with van der Waals surface area (Å²) in [5, 5.41) is 3.56. The van der Waals surface area contributed by atoms with Gasteiger partial charge >= 0.3 is 0 Å². The molecule has 0 unspecified atom stereocenters. The molecule has 1 saturated heterocycles. The largest absolute Gasteiger partial charge is 0.315 e. The minimum atomic E-state index is 0.709. The van der Waals surface area contributed by atoms with E-state index in [0.717, 1.165) is 0 Å². The zero-order valence-corrected chi connectivity index (χ0v) is 7.88. The number of hydrogen-bond acceptors (Lipinski definition) is 2. The molecule has 1 aliphatic heterocycles. The Balaban J connectivity index is 1.97. The molecule has 64 valence electrons. The van der Waals surface area contributed by atoms with Crippen molar-refractivity contribution in [2.45, 2.75) is 25.7 Å². The lowest BCUT2D eigenvalue weighted by molar-refractivity contribution is 0.332. The van der Waals surface area contributed by atoms with Gasteiger partial charge in [0.25, 0.3) is 0 Å². The van der Waals surface area contributed by atoms with Crippen LogP contribution in [0.25, 0.3) is 0 Å². The fourth-order valence-electron chi connectivity index (χ4n) is 2.28. The fraction of sp³-hybridized carbons (Fsp3) is 1.00. The van der Waals surface area contributed by atoms with Gasteiger partial charge in [-0.2, -0.15) is 11.8 Å². The van der Waals surface area contributed by atoms with Gasteiger partial charge in [-0.3, -0.25) is 0 Å². The van der Waals surface area contributed by atoms with Crippen LogP contribution in [0.4, 0.5) is 0 Å². The van der Waals surface area contributed by atoms with Crippen molar-refractivity contribution >= 4 is 11.8 Å². The first-order valence-corrected chi connectivity index (χ1v) is 5.85. The molecule has 0 atom stereocenters. The predicted octanol–water partition coefficient (Wildman–Crippen LogP) is 1.88. The Morgan fingerprint density at radius 3 is 2.82 bits per heavy atom. The lowest BCUT2D eigenvalue weighted by Crippen LogP contribution is -2.32. The van der Waals surface area contributed by atoms with Crippen LogP contribution < -0.4 is 5.32 Å². The Kier molecular flexibility index (Phi) is 2.42. The summed E-state index contributed by atoms with van der Waals surface area (Å²) < 4.78 is 0. The van der Waals surface area contributed by atoms with Gasteiger partial charge in [0.1, 0.15) is 0 Å². The molecule has 0 bridgehead atoms. The Bertz CT molecular complexity index is 120. The van der Waals surface area contributed by atoms with Crippen LogP contribution in [0.5, 0.6) is 0 Å². The zero-order valence-electron chi connectivity index (χ0n) is 7.07. The van der Waals surface area contributed by atoms with Crippen molar-refractivity contribution < 1.29 is 0 Å². The van der Waals surface area contributed by atoms with Crippen LogP contribution in [0, 0.1) is 5.41 Å². The first-order valence-electron chi connectivity index (χ1n) is 4.70. The molecule has 2 aliphatic rings. The lowest BCUT2D eigenvalue weighted by atomic mass is 9.88. The SMILES string of the molecule is C1CCC2(C1)CNCCSC2. The van der Waals surface area contributed by atoms with Gasteiger partial charge < -0.3 is 5.32 Å². The van der Waals surface area contributed by atoms with Crippen molar-refractivity contribution in [3.05, 3.63) is 0 Å². The highest BCUT2D eigenvalue weighted by Crippen LogP contribution is 2.40. The molecule has 2 rings (SSSR count). The van der Waals surface area contributed by atoms with Gasteiger partial charge in [-0.05, 0) is 18.3 Å². The van der Waals surface area contributed by atoms with E-state index in [4.69, 9.17) is 0 Å². The molecule has 1 heterocycles.